The average Bonchev–Trinajstić information content (AvgIpc) is 3.19. The van der Waals surface area contributed by atoms with Gasteiger partial charge in [0.05, 0.1) is 44.4 Å². The highest BCUT2D eigenvalue weighted by Crippen LogP contribution is 2.21. The normalized spacial score (nSPS) is 22.3. The van der Waals surface area contributed by atoms with Crippen molar-refractivity contribution in [3.63, 3.8) is 0 Å². The molecule has 0 aromatic carbocycles. The predicted octanol–water partition coefficient (Wildman–Crippen LogP) is 0.461. The van der Waals surface area contributed by atoms with Crippen LogP contribution in [0.4, 0.5) is 5.95 Å². The molecule has 1 N–H and O–H groups in total. The Bertz CT molecular complexity index is 698. The van der Waals surface area contributed by atoms with E-state index in [2.05, 4.69) is 20.3 Å². The van der Waals surface area contributed by atoms with Crippen molar-refractivity contribution in [1.82, 2.24) is 25.1 Å². The minimum atomic E-state index is 0.259. The van der Waals surface area contributed by atoms with Gasteiger partial charge in [0.2, 0.25) is 5.95 Å². The summed E-state index contributed by atoms with van der Waals surface area (Å²) >= 11 is 0. The predicted molar refractivity (Wildman–Crippen MR) is 93.4 cm³/mol. The van der Waals surface area contributed by atoms with Gasteiger partial charge in [0.25, 0.3) is 0 Å². The zero-order chi connectivity index (χ0) is 17.1. The first-order valence-electron chi connectivity index (χ1n) is 8.76. The van der Waals surface area contributed by atoms with Crippen LogP contribution in [0, 0.1) is 0 Å². The number of hydrogen-bond donors (Lipinski definition) is 1. The smallest absolute Gasteiger partial charge is 0.225 e. The summed E-state index contributed by atoms with van der Waals surface area (Å²) < 4.78 is 12.9. The van der Waals surface area contributed by atoms with Gasteiger partial charge in [-0.05, 0) is 12.5 Å². The fourth-order valence-corrected chi connectivity index (χ4v) is 3.34. The van der Waals surface area contributed by atoms with Gasteiger partial charge in [0.1, 0.15) is 0 Å². The molecule has 2 aliphatic rings. The van der Waals surface area contributed by atoms with E-state index in [9.17, 15) is 0 Å². The highest BCUT2D eigenvalue weighted by molar-refractivity contribution is 5.58. The Morgan fingerprint density at radius 3 is 2.80 bits per heavy atom. The zero-order valence-corrected chi connectivity index (χ0v) is 14.5. The summed E-state index contributed by atoms with van der Waals surface area (Å²) in [4.78, 5) is 11.4. The Morgan fingerprint density at radius 2 is 2.04 bits per heavy atom. The molecule has 8 nitrogen and oxygen atoms in total. The molecule has 1 unspecified atom stereocenters. The van der Waals surface area contributed by atoms with E-state index in [-0.39, 0.29) is 6.04 Å². The molecule has 4 heterocycles. The summed E-state index contributed by atoms with van der Waals surface area (Å²) in [5.74, 6) is 0.777. The lowest BCUT2D eigenvalue weighted by atomic mass is 10.2. The van der Waals surface area contributed by atoms with Crippen molar-refractivity contribution in [2.75, 3.05) is 44.4 Å². The molecule has 2 saturated heterocycles. The topological polar surface area (TPSA) is 77.3 Å². The number of aromatic nitrogens is 4. The maximum Gasteiger partial charge on any atom is 0.225 e. The molecule has 8 heteroatoms. The van der Waals surface area contributed by atoms with Crippen molar-refractivity contribution in [1.29, 1.82) is 0 Å². The number of nitrogens with zero attached hydrogens (tertiary/aromatic N) is 5. The molecule has 0 radical (unpaired) electrons. The second-order valence-corrected chi connectivity index (χ2v) is 6.59. The van der Waals surface area contributed by atoms with E-state index < -0.39 is 0 Å². The minimum absolute atomic E-state index is 0.259. The maximum absolute atomic E-state index is 5.56. The molecule has 2 aromatic rings. The van der Waals surface area contributed by atoms with Gasteiger partial charge in [-0.2, -0.15) is 5.10 Å². The summed E-state index contributed by atoms with van der Waals surface area (Å²) in [5, 5.41) is 7.86. The van der Waals surface area contributed by atoms with Crippen LogP contribution < -0.4 is 10.2 Å². The van der Waals surface area contributed by atoms with Gasteiger partial charge in [-0.3, -0.25) is 4.68 Å². The quantitative estimate of drug-likeness (QED) is 0.863. The van der Waals surface area contributed by atoms with Crippen molar-refractivity contribution in [2.45, 2.75) is 18.5 Å². The average molecular weight is 344 g/mol. The van der Waals surface area contributed by atoms with E-state index in [4.69, 9.17) is 14.5 Å². The molecule has 0 aliphatic carbocycles. The van der Waals surface area contributed by atoms with Crippen LogP contribution in [-0.4, -0.2) is 71.3 Å². The first-order valence-corrected chi connectivity index (χ1v) is 8.76. The Balaban J connectivity index is 1.39. The minimum Gasteiger partial charge on any atom is -0.377 e. The number of nitrogens with one attached hydrogen (secondary N) is 1. The largest absolute Gasteiger partial charge is 0.377 e. The molecule has 2 aromatic heterocycles. The lowest BCUT2D eigenvalue weighted by Gasteiger charge is -2.21. The van der Waals surface area contributed by atoms with Gasteiger partial charge in [-0.1, -0.05) is 0 Å². The first kappa shape index (κ1) is 16.4. The van der Waals surface area contributed by atoms with Gasteiger partial charge in [0.15, 0.2) is 0 Å². The third-order valence-corrected chi connectivity index (χ3v) is 4.60. The SMILES string of the molecule is Cn1cc(-c2ccnc(N3CCC(NC4COCCOC4)C3)n2)cn1. The second-order valence-electron chi connectivity index (χ2n) is 6.59. The highest BCUT2D eigenvalue weighted by atomic mass is 16.5. The van der Waals surface area contributed by atoms with E-state index in [0.717, 1.165) is 36.7 Å². The lowest BCUT2D eigenvalue weighted by Crippen LogP contribution is -2.44. The molecule has 0 saturated carbocycles. The van der Waals surface area contributed by atoms with Crippen LogP contribution in [0.1, 0.15) is 6.42 Å². The lowest BCUT2D eigenvalue weighted by molar-refractivity contribution is 0.103. The number of rotatable bonds is 4. The second kappa shape index (κ2) is 7.47. The van der Waals surface area contributed by atoms with Crippen LogP contribution in [0.25, 0.3) is 11.3 Å². The van der Waals surface area contributed by atoms with E-state index in [1.165, 1.54) is 0 Å². The summed E-state index contributed by atoms with van der Waals surface area (Å²) in [6.45, 7) is 4.64. The van der Waals surface area contributed by atoms with E-state index in [0.29, 0.717) is 32.5 Å². The molecule has 25 heavy (non-hydrogen) atoms. The van der Waals surface area contributed by atoms with Gasteiger partial charge >= 0.3 is 0 Å². The van der Waals surface area contributed by atoms with Crippen LogP contribution >= 0.6 is 0 Å². The molecule has 2 fully saturated rings. The number of ether oxygens (including phenoxy) is 2. The van der Waals surface area contributed by atoms with E-state index in [1.54, 1.807) is 4.68 Å². The molecular formula is C17H24N6O2. The van der Waals surface area contributed by atoms with Crippen LogP contribution in [0.3, 0.4) is 0 Å². The van der Waals surface area contributed by atoms with Crippen molar-refractivity contribution in [3.8, 4) is 11.3 Å². The van der Waals surface area contributed by atoms with E-state index >= 15 is 0 Å². The standard InChI is InChI=1S/C17H24N6O2/c1-22-9-13(8-19-22)16-2-4-18-17(21-16)23-5-3-14(10-23)20-15-11-24-6-7-25-12-15/h2,4,8-9,14-15,20H,3,5-7,10-12H2,1H3. The highest BCUT2D eigenvalue weighted by Gasteiger charge is 2.27. The molecule has 1 atom stereocenters. The van der Waals surface area contributed by atoms with Crippen molar-refractivity contribution >= 4 is 5.95 Å². The summed E-state index contributed by atoms with van der Waals surface area (Å²) in [6.07, 6.45) is 6.68. The van der Waals surface area contributed by atoms with Crippen LogP contribution in [0.15, 0.2) is 24.7 Å². The third-order valence-electron chi connectivity index (χ3n) is 4.60. The van der Waals surface area contributed by atoms with E-state index in [1.807, 2.05) is 31.7 Å². The molecular weight excluding hydrogens is 320 g/mol. The Hall–Kier alpha value is -2.03. The molecule has 4 rings (SSSR count). The van der Waals surface area contributed by atoms with Gasteiger partial charge in [-0.15, -0.1) is 0 Å². The van der Waals surface area contributed by atoms with Gasteiger partial charge < -0.3 is 19.7 Å². The van der Waals surface area contributed by atoms with Crippen molar-refractivity contribution < 1.29 is 9.47 Å². The Kier molecular flexibility index (Phi) is 4.91. The van der Waals surface area contributed by atoms with Crippen molar-refractivity contribution in [2.24, 2.45) is 7.05 Å². The number of hydrogen-bond acceptors (Lipinski definition) is 7. The molecule has 0 bridgehead atoms. The van der Waals surface area contributed by atoms with Crippen LogP contribution in [0.2, 0.25) is 0 Å². The molecule has 134 valence electrons. The van der Waals surface area contributed by atoms with Crippen LogP contribution in [-0.2, 0) is 16.5 Å². The maximum atomic E-state index is 5.56. The summed E-state index contributed by atoms with van der Waals surface area (Å²) in [7, 11) is 1.91. The van der Waals surface area contributed by atoms with Gasteiger partial charge in [0, 0.05) is 44.1 Å². The number of anilines is 1. The van der Waals surface area contributed by atoms with Crippen LogP contribution in [0.5, 0.6) is 0 Å². The summed E-state index contributed by atoms with van der Waals surface area (Å²) in [5.41, 5.74) is 1.91. The molecule has 0 spiro atoms. The monoisotopic (exact) mass is 344 g/mol. The molecule has 2 aliphatic heterocycles. The summed E-state index contributed by atoms with van der Waals surface area (Å²) in [6, 6.07) is 2.59. The number of aryl methyl sites for hydroxylation is 1. The van der Waals surface area contributed by atoms with Crippen molar-refractivity contribution in [3.05, 3.63) is 24.7 Å². The first-order chi connectivity index (χ1) is 12.3. The zero-order valence-electron chi connectivity index (χ0n) is 14.5. The fraction of sp³-hybridized carbons (Fsp3) is 0.588. The Morgan fingerprint density at radius 1 is 1.20 bits per heavy atom. The third kappa shape index (κ3) is 3.97. The molecule has 0 amide bonds. The van der Waals surface area contributed by atoms with Gasteiger partial charge in [-0.25, -0.2) is 9.97 Å². The fourth-order valence-electron chi connectivity index (χ4n) is 3.34. The Labute approximate surface area is 147 Å².